The van der Waals surface area contributed by atoms with Crippen LogP contribution in [0.15, 0.2) is 65.3 Å². The molecule has 28 heavy (non-hydrogen) atoms. The van der Waals surface area contributed by atoms with Gasteiger partial charge in [0.1, 0.15) is 5.69 Å². The molecule has 1 aromatic heterocycles. The van der Waals surface area contributed by atoms with Crippen LogP contribution in [0.1, 0.15) is 34.2 Å². The first kappa shape index (κ1) is 16.6. The summed E-state index contributed by atoms with van der Waals surface area (Å²) in [4.78, 5) is 16.6. The lowest BCUT2D eigenvalue weighted by Crippen LogP contribution is -2.37. The number of fused-ring (bicyclic) bond motifs is 3. The van der Waals surface area contributed by atoms with E-state index in [1.165, 1.54) is 0 Å². The number of nitrogens with zero attached hydrogens (tertiary/aromatic N) is 2. The summed E-state index contributed by atoms with van der Waals surface area (Å²) in [5.74, 6) is -0.953. The zero-order chi connectivity index (χ0) is 19.6. The lowest BCUT2D eigenvalue weighted by Gasteiger charge is -2.37. The Hall–Kier alpha value is -3.60. The van der Waals surface area contributed by atoms with Gasteiger partial charge in [-0.25, -0.2) is 9.79 Å². The van der Waals surface area contributed by atoms with Gasteiger partial charge >= 0.3 is 5.97 Å². The third-order valence-electron chi connectivity index (χ3n) is 5.92. The largest absolute Gasteiger partial charge is 0.477 e. The topological polar surface area (TPSA) is 80.6 Å². The van der Waals surface area contributed by atoms with Crippen LogP contribution >= 0.6 is 0 Å². The summed E-state index contributed by atoms with van der Waals surface area (Å²) in [6.45, 7) is 2.11. The molecule has 0 saturated heterocycles. The van der Waals surface area contributed by atoms with E-state index in [9.17, 15) is 9.90 Å². The van der Waals surface area contributed by atoms with E-state index < -0.39 is 11.4 Å². The number of allylic oxidation sites excluding steroid dienone is 1. The second-order valence-corrected chi connectivity index (χ2v) is 7.44. The van der Waals surface area contributed by atoms with Crippen molar-refractivity contribution < 1.29 is 9.90 Å². The van der Waals surface area contributed by atoms with Crippen molar-refractivity contribution in [3.05, 3.63) is 93.4 Å². The first-order valence-corrected chi connectivity index (χ1v) is 9.12. The number of aromatic carboxylic acids is 1. The maximum atomic E-state index is 11.8. The molecule has 0 spiro atoms. The highest BCUT2D eigenvalue weighted by molar-refractivity contribution is 5.94. The van der Waals surface area contributed by atoms with Crippen LogP contribution in [0.2, 0.25) is 0 Å². The van der Waals surface area contributed by atoms with Crippen LogP contribution in [-0.4, -0.2) is 15.6 Å². The number of para-hydroxylation sites is 2. The number of nitrogen functional groups attached to an aromatic ring is 1. The molecule has 3 N–H and O–H groups in total. The molecule has 1 aliphatic heterocycles. The van der Waals surface area contributed by atoms with Crippen molar-refractivity contribution >= 4 is 23.3 Å². The molecule has 5 nitrogen and oxygen atoms in total. The monoisotopic (exact) mass is 369 g/mol. The molecule has 2 aliphatic rings. The van der Waals surface area contributed by atoms with Gasteiger partial charge in [-0.1, -0.05) is 36.4 Å². The molecule has 0 fully saturated rings. The summed E-state index contributed by atoms with van der Waals surface area (Å²) in [6, 6.07) is 17.6. The van der Waals surface area contributed by atoms with Gasteiger partial charge in [0.15, 0.2) is 0 Å². The van der Waals surface area contributed by atoms with Crippen molar-refractivity contribution in [2.75, 3.05) is 5.73 Å². The van der Waals surface area contributed by atoms with E-state index in [0.717, 1.165) is 38.7 Å². The van der Waals surface area contributed by atoms with Crippen LogP contribution in [0, 0.1) is 0 Å². The van der Waals surface area contributed by atoms with Crippen LogP contribution in [-0.2, 0) is 12.5 Å². The number of aromatic nitrogens is 1. The van der Waals surface area contributed by atoms with E-state index in [-0.39, 0.29) is 5.69 Å². The van der Waals surface area contributed by atoms with Gasteiger partial charge in [0.05, 0.1) is 16.5 Å². The minimum absolute atomic E-state index is 0.247. The van der Waals surface area contributed by atoms with Crippen LogP contribution in [0.5, 0.6) is 0 Å². The quantitative estimate of drug-likeness (QED) is 0.681. The zero-order valence-corrected chi connectivity index (χ0v) is 15.6. The molecule has 0 amide bonds. The summed E-state index contributed by atoms with van der Waals surface area (Å²) in [5.41, 5.74) is 11.4. The van der Waals surface area contributed by atoms with Crippen molar-refractivity contribution in [2.45, 2.75) is 12.3 Å². The van der Waals surface area contributed by atoms with Crippen LogP contribution in [0.25, 0.3) is 11.6 Å². The number of rotatable bonds is 2. The number of hydrogen-bond acceptors (Lipinski definition) is 3. The predicted molar refractivity (Wildman–Crippen MR) is 108 cm³/mol. The third-order valence-corrected chi connectivity index (χ3v) is 5.92. The lowest BCUT2D eigenvalue weighted by molar-refractivity contribution is 0.0686. The number of benzene rings is 2. The summed E-state index contributed by atoms with van der Waals surface area (Å²) in [7, 11) is 1.80. The Labute approximate surface area is 161 Å². The van der Waals surface area contributed by atoms with Gasteiger partial charge in [0.2, 0.25) is 0 Å². The van der Waals surface area contributed by atoms with E-state index in [0.29, 0.717) is 5.69 Å². The number of carboxylic acids is 1. The minimum atomic E-state index is -0.953. The van der Waals surface area contributed by atoms with Crippen molar-refractivity contribution in [1.29, 1.82) is 0 Å². The SMILES string of the molecule is Cn1c(C(=O)O)cc2c1C(C)(c1ccccc1N)C1=c3ccccc3=NC1=C2. The number of nitrogens with two attached hydrogens (primary N) is 1. The number of anilines is 1. The van der Waals surface area contributed by atoms with Gasteiger partial charge in [-0.15, -0.1) is 0 Å². The fourth-order valence-corrected chi connectivity index (χ4v) is 4.78. The summed E-state index contributed by atoms with van der Waals surface area (Å²) in [6.07, 6.45) is 1.98. The van der Waals surface area contributed by atoms with Gasteiger partial charge in [0.25, 0.3) is 0 Å². The van der Waals surface area contributed by atoms with Crippen molar-refractivity contribution in [2.24, 2.45) is 12.0 Å². The Kier molecular flexibility index (Phi) is 3.23. The normalized spacial score (nSPS) is 19.4. The molecule has 1 aliphatic carbocycles. The Morgan fingerprint density at radius 3 is 2.61 bits per heavy atom. The number of carboxylic acid groups (broad SMARTS) is 1. The van der Waals surface area contributed by atoms with E-state index in [1.807, 2.05) is 48.5 Å². The summed E-state index contributed by atoms with van der Waals surface area (Å²) in [5, 5.41) is 11.7. The molecule has 138 valence electrons. The average molecular weight is 369 g/mol. The Morgan fingerprint density at radius 1 is 1.14 bits per heavy atom. The first-order chi connectivity index (χ1) is 13.4. The highest BCUT2D eigenvalue weighted by Gasteiger charge is 2.45. The average Bonchev–Trinajstić information content (AvgIpc) is 3.20. The second kappa shape index (κ2) is 5.45. The van der Waals surface area contributed by atoms with Gasteiger partial charge in [-0.3, -0.25) is 0 Å². The number of carbonyl (C=O) groups is 1. The fraction of sp³-hybridized carbons (Fsp3) is 0.130. The van der Waals surface area contributed by atoms with Gasteiger partial charge < -0.3 is 15.4 Å². The maximum Gasteiger partial charge on any atom is 0.352 e. The predicted octanol–water partition coefficient (Wildman–Crippen LogP) is 2.45. The van der Waals surface area contributed by atoms with Crippen molar-refractivity contribution in [3.8, 4) is 0 Å². The smallest absolute Gasteiger partial charge is 0.352 e. The van der Waals surface area contributed by atoms with E-state index >= 15 is 0 Å². The summed E-state index contributed by atoms with van der Waals surface area (Å²) < 4.78 is 1.77. The summed E-state index contributed by atoms with van der Waals surface area (Å²) >= 11 is 0. The third kappa shape index (κ3) is 1.96. The highest BCUT2D eigenvalue weighted by Crippen LogP contribution is 2.50. The highest BCUT2D eigenvalue weighted by atomic mass is 16.4. The molecule has 0 saturated carbocycles. The standard InChI is InChI=1S/C23H19N3O2/c1-23(15-8-4-5-9-16(15)24)20-14-7-3-6-10-17(14)25-18(20)11-13-12-19(22(27)28)26(2)21(13)23/h3-12H,24H2,1-2H3,(H,27,28). The Balaban J connectivity index is 1.98. The molecule has 1 unspecified atom stereocenters. The van der Waals surface area contributed by atoms with Crippen LogP contribution < -0.4 is 16.3 Å². The molecule has 1 atom stereocenters. The molecule has 0 bridgehead atoms. The molecule has 2 aromatic carbocycles. The van der Waals surface area contributed by atoms with Gasteiger partial charge in [-0.05, 0) is 42.3 Å². The Morgan fingerprint density at radius 2 is 1.86 bits per heavy atom. The maximum absolute atomic E-state index is 11.8. The molecule has 0 radical (unpaired) electrons. The fourth-order valence-electron chi connectivity index (χ4n) is 4.78. The minimum Gasteiger partial charge on any atom is -0.477 e. The van der Waals surface area contributed by atoms with Crippen LogP contribution in [0.3, 0.4) is 0 Å². The Bertz CT molecular complexity index is 1330. The van der Waals surface area contributed by atoms with Gasteiger partial charge in [-0.2, -0.15) is 0 Å². The molecule has 5 rings (SSSR count). The van der Waals surface area contributed by atoms with Crippen LogP contribution in [0.4, 0.5) is 5.69 Å². The molecule has 2 heterocycles. The van der Waals surface area contributed by atoms with E-state index in [4.69, 9.17) is 10.7 Å². The zero-order valence-electron chi connectivity index (χ0n) is 15.6. The van der Waals surface area contributed by atoms with E-state index in [2.05, 4.69) is 13.0 Å². The van der Waals surface area contributed by atoms with Crippen molar-refractivity contribution in [3.63, 3.8) is 0 Å². The lowest BCUT2D eigenvalue weighted by atomic mass is 9.67. The molecular weight excluding hydrogens is 350 g/mol. The number of hydrogen-bond donors (Lipinski definition) is 2. The van der Waals surface area contributed by atoms with Gasteiger partial charge in [0, 0.05) is 29.2 Å². The first-order valence-electron chi connectivity index (χ1n) is 9.12. The van der Waals surface area contributed by atoms with E-state index in [1.54, 1.807) is 17.7 Å². The molecule has 3 aromatic rings. The van der Waals surface area contributed by atoms with Crippen molar-refractivity contribution in [1.82, 2.24) is 4.57 Å². The molecular formula is C23H19N3O2. The molecule has 5 heteroatoms. The second-order valence-electron chi connectivity index (χ2n) is 7.44.